The fourth-order valence-electron chi connectivity index (χ4n) is 1.92. The molecule has 0 aromatic heterocycles. The van der Waals surface area contributed by atoms with Crippen molar-refractivity contribution < 1.29 is 4.79 Å². The van der Waals surface area contributed by atoms with E-state index in [1.165, 1.54) is 0 Å². The van der Waals surface area contributed by atoms with Crippen LogP contribution in [0, 0.1) is 5.92 Å². The number of nitrogens with zero attached hydrogens (tertiary/aromatic N) is 2. The first-order valence-corrected chi connectivity index (χ1v) is 5.77. The highest BCUT2D eigenvalue weighted by Gasteiger charge is 2.22. The van der Waals surface area contributed by atoms with Crippen LogP contribution in [0.25, 0.3) is 0 Å². The van der Waals surface area contributed by atoms with Crippen molar-refractivity contribution in [1.29, 1.82) is 0 Å². The van der Waals surface area contributed by atoms with Gasteiger partial charge in [0.05, 0.1) is 0 Å². The van der Waals surface area contributed by atoms with E-state index in [4.69, 9.17) is 5.73 Å². The molecule has 0 aromatic carbocycles. The largest absolute Gasteiger partial charge is 0.340 e. The lowest BCUT2D eigenvalue weighted by atomic mass is 10.1. The van der Waals surface area contributed by atoms with Crippen LogP contribution in [0.4, 0.5) is 0 Å². The standard InChI is InChI=1S/C11H23N3O.ClH/c1-9(2)11(15)14-6-4-13(5-7-14)8-10(3)12;/h9-10H,4-8,12H2,1-3H3;1H. The van der Waals surface area contributed by atoms with Gasteiger partial charge in [0.15, 0.2) is 0 Å². The molecule has 4 nitrogen and oxygen atoms in total. The Labute approximate surface area is 105 Å². The summed E-state index contributed by atoms with van der Waals surface area (Å²) in [5.74, 6) is 0.389. The summed E-state index contributed by atoms with van der Waals surface area (Å²) in [4.78, 5) is 16.0. The highest BCUT2D eigenvalue weighted by atomic mass is 35.5. The Balaban J connectivity index is 0.00000225. The third-order valence-corrected chi connectivity index (χ3v) is 2.72. The van der Waals surface area contributed by atoms with Gasteiger partial charge in [0, 0.05) is 44.7 Å². The maximum Gasteiger partial charge on any atom is 0.225 e. The van der Waals surface area contributed by atoms with Gasteiger partial charge >= 0.3 is 0 Å². The van der Waals surface area contributed by atoms with Crippen LogP contribution in [0.5, 0.6) is 0 Å². The number of piperazine rings is 1. The van der Waals surface area contributed by atoms with Crippen molar-refractivity contribution in [2.24, 2.45) is 11.7 Å². The summed E-state index contributed by atoms with van der Waals surface area (Å²) < 4.78 is 0. The van der Waals surface area contributed by atoms with Crippen LogP contribution < -0.4 is 5.73 Å². The van der Waals surface area contributed by atoms with E-state index in [-0.39, 0.29) is 30.3 Å². The normalized spacial score (nSPS) is 19.4. The molecule has 5 heteroatoms. The molecule has 0 spiro atoms. The zero-order chi connectivity index (χ0) is 11.4. The minimum atomic E-state index is 0. The maximum atomic E-state index is 11.7. The Kier molecular flexibility index (Phi) is 6.95. The van der Waals surface area contributed by atoms with Gasteiger partial charge < -0.3 is 10.6 Å². The van der Waals surface area contributed by atoms with E-state index in [1.807, 2.05) is 25.7 Å². The van der Waals surface area contributed by atoms with Crippen molar-refractivity contribution in [1.82, 2.24) is 9.80 Å². The Morgan fingerprint density at radius 1 is 1.19 bits per heavy atom. The van der Waals surface area contributed by atoms with Gasteiger partial charge in [-0.05, 0) is 6.92 Å². The first kappa shape index (κ1) is 15.7. The SMILES string of the molecule is CC(N)CN1CCN(C(=O)C(C)C)CC1.Cl. The molecular weight excluding hydrogens is 226 g/mol. The van der Waals surface area contributed by atoms with E-state index in [0.29, 0.717) is 0 Å². The van der Waals surface area contributed by atoms with Gasteiger partial charge in [-0.1, -0.05) is 13.8 Å². The second kappa shape index (κ2) is 7.09. The lowest BCUT2D eigenvalue weighted by Crippen LogP contribution is -2.51. The molecule has 0 bridgehead atoms. The molecule has 0 saturated carbocycles. The number of amides is 1. The molecule has 0 radical (unpaired) electrons. The highest BCUT2D eigenvalue weighted by molar-refractivity contribution is 5.85. The number of hydrogen-bond acceptors (Lipinski definition) is 3. The van der Waals surface area contributed by atoms with Crippen LogP contribution in [0.15, 0.2) is 0 Å². The Hall–Kier alpha value is -0.320. The molecule has 1 atom stereocenters. The third kappa shape index (κ3) is 4.68. The zero-order valence-electron chi connectivity index (χ0n) is 10.5. The van der Waals surface area contributed by atoms with Crippen LogP contribution >= 0.6 is 12.4 Å². The summed E-state index contributed by atoms with van der Waals surface area (Å²) in [6.07, 6.45) is 0. The summed E-state index contributed by atoms with van der Waals surface area (Å²) in [5, 5.41) is 0. The van der Waals surface area contributed by atoms with E-state index in [9.17, 15) is 4.79 Å². The molecule has 16 heavy (non-hydrogen) atoms. The summed E-state index contributed by atoms with van der Waals surface area (Å²) >= 11 is 0. The van der Waals surface area contributed by atoms with E-state index >= 15 is 0 Å². The lowest BCUT2D eigenvalue weighted by Gasteiger charge is -2.36. The topological polar surface area (TPSA) is 49.6 Å². The van der Waals surface area contributed by atoms with Crippen LogP contribution in [0.1, 0.15) is 20.8 Å². The smallest absolute Gasteiger partial charge is 0.225 e. The molecule has 1 saturated heterocycles. The van der Waals surface area contributed by atoms with Crippen molar-refractivity contribution in [2.75, 3.05) is 32.7 Å². The first-order chi connectivity index (χ1) is 7.00. The molecule has 1 amide bonds. The first-order valence-electron chi connectivity index (χ1n) is 5.77. The Morgan fingerprint density at radius 3 is 2.06 bits per heavy atom. The molecule has 0 aliphatic carbocycles. The van der Waals surface area contributed by atoms with Crippen molar-refractivity contribution in [3.63, 3.8) is 0 Å². The van der Waals surface area contributed by atoms with E-state index in [0.717, 1.165) is 32.7 Å². The van der Waals surface area contributed by atoms with Gasteiger partial charge in [0.1, 0.15) is 0 Å². The summed E-state index contributed by atoms with van der Waals surface area (Å²) in [7, 11) is 0. The minimum absolute atomic E-state index is 0. The second-order valence-corrected chi connectivity index (χ2v) is 4.76. The average molecular weight is 250 g/mol. The molecule has 1 unspecified atom stereocenters. The van der Waals surface area contributed by atoms with Crippen LogP contribution in [-0.2, 0) is 4.79 Å². The van der Waals surface area contributed by atoms with Gasteiger partial charge in [-0.2, -0.15) is 0 Å². The van der Waals surface area contributed by atoms with E-state index < -0.39 is 0 Å². The maximum absolute atomic E-state index is 11.7. The average Bonchev–Trinajstić information content (AvgIpc) is 2.17. The van der Waals surface area contributed by atoms with Gasteiger partial charge in [-0.25, -0.2) is 0 Å². The predicted octanol–water partition coefficient (Wildman–Crippen LogP) is 0.556. The fourth-order valence-corrected chi connectivity index (χ4v) is 1.92. The van der Waals surface area contributed by atoms with Crippen LogP contribution in [-0.4, -0.2) is 54.5 Å². The number of hydrogen-bond donors (Lipinski definition) is 1. The number of carbonyl (C=O) groups is 1. The van der Waals surface area contributed by atoms with Gasteiger partial charge in [0.2, 0.25) is 5.91 Å². The molecule has 1 fully saturated rings. The zero-order valence-corrected chi connectivity index (χ0v) is 11.3. The Bertz CT molecular complexity index is 213. The number of carbonyl (C=O) groups excluding carboxylic acids is 1. The number of rotatable bonds is 3. The Morgan fingerprint density at radius 2 is 1.69 bits per heavy atom. The van der Waals surface area contributed by atoms with E-state index in [2.05, 4.69) is 4.90 Å². The third-order valence-electron chi connectivity index (χ3n) is 2.72. The molecule has 96 valence electrons. The van der Waals surface area contributed by atoms with E-state index in [1.54, 1.807) is 0 Å². The number of halogens is 1. The van der Waals surface area contributed by atoms with Crippen LogP contribution in [0.2, 0.25) is 0 Å². The lowest BCUT2D eigenvalue weighted by molar-refractivity contribution is -0.136. The van der Waals surface area contributed by atoms with Crippen molar-refractivity contribution in [2.45, 2.75) is 26.8 Å². The molecule has 1 aliphatic heterocycles. The summed E-state index contributed by atoms with van der Waals surface area (Å²) in [5.41, 5.74) is 5.74. The monoisotopic (exact) mass is 249 g/mol. The van der Waals surface area contributed by atoms with Crippen molar-refractivity contribution in [3.05, 3.63) is 0 Å². The van der Waals surface area contributed by atoms with Crippen molar-refractivity contribution >= 4 is 18.3 Å². The van der Waals surface area contributed by atoms with Gasteiger partial charge in [-0.15, -0.1) is 12.4 Å². The molecule has 1 aliphatic rings. The number of nitrogens with two attached hydrogens (primary N) is 1. The van der Waals surface area contributed by atoms with Gasteiger partial charge in [0.25, 0.3) is 0 Å². The molecule has 1 rings (SSSR count). The van der Waals surface area contributed by atoms with Gasteiger partial charge in [-0.3, -0.25) is 9.69 Å². The van der Waals surface area contributed by atoms with Crippen molar-refractivity contribution in [3.8, 4) is 0 Å². The fraction of sp³-hybridized carbons (Fsp3) is 0.909. The molecule has 1 heterocycles. The molecular formula is C11H24ClN3O. The van der Waals surface area contributed by atoms with Crippen LogP contribution in [0.3, 0.4) is 0 Å². The minimum Gasteiger partial charge on any atom is -0.340 e. The highest BCUT2D eigenvalue weighted by Crippen LogP contribution is 2.06. The quantitative estimate of drug-likeness (QED) is 0.795. The molecule has 0 aromatic rings. The predicted molar refractivity (Wildman–Crippen MR) is 68.8 cm³/mol. The molecule has 2 N–H and O–H groups in total. The summed E-state index contributed by atoms with van der Waals surface area (Å²) in [6.45, 7) is 10.5. The summed E-state index contributed by atoms with van der Waals surface area (Å²) in [6, 6.07) is 0.220. The second-order valence-electron chi connectivity index (χ2n) is 4.76.